The summed E-state index contributed by atoms with van der Waals surface area (Å²) in [5, 5.41) is 4.08. The van der Waals surface area contributed by atoms with Gasteiger partial charge < -0.3 is 5.32 Å². The quantitative estimate of drug-likeness (QED) is 0.701. The summed E-state index contributed by atoms with van der Waals surface area (Å²) in [6.45, 7) is 2.10. The van der Waals surface area contributed by atoms with Crippen LogP contribution in [0.1, 0.15) is 22.0 Å². The predicted octanol–water partition coefficient (Wildman–Crippen LogP) is 5.54. The Balaban J connectivity index is 2.44. The molecule has 0 aliphatic carbocycles. The van der Waals surface area contributed by atoms with E-state index >= 15 is 0 Å². The summed E-state index contributed by atoms with van der Waals surface area (Å²) in [7, 11) is 1.96. The highest BCUT2D eigenvalue weighted by molar-refractivity contribution is 9.11. The average Bonchev–Trinajstić information content (AvgIpc) is 2.58. The van der Waals surface area contributed by atoms with Gasteiger partial charge in [-0.3, -0.25) is 0 Å². The van der Waals surface area contributed by atoms with E-state index in [2.05, 4.69) is 56.2 Å². The molecular formula is C13H12Br2ClNS. The Morgan fingerprint density at radius 2 is 1.94 bits per heavy atom. The molecule has 1 nitrogen and oxygen atoms in total. The predicted molar refractivity (Wildman–Crippen MR) is 86.8 cm³/mol. The second-order valence-corrected chi connectivity index (χ2v) is 7.78. The molecule has 1 heterocycles. The van der Waals surface area contributed by atoms with Gasteiger partial charge in [-0.05, 0) is 65.3 Å². The van der Waals surface area contributed by atoms with Gasteiger partial charge in [0.1, 0.15) is 0 Å². The summed E-state index contributed by atoms with van der Waals surface area (Å²) in [4.78, 5) is 1.27. The Labute approximate surface area is 133 Å². The number of hydrogen-bond donors (Lipinski definition) is 1. The van der Waals surface area contributed by atoms with E-state index in [-0.39, 0.29) is 6.04 Å². The van der Waals surface area contributed by atoms with Gasteiger partial charge in [-0.25, -0.2) is 0 Å². The fourth-order valence-corrected chi connectivity index (χ4v) is 4.44. The summed E-state index contributed by atoms with van der Waals surface area (Å²) in [5.41, 5.74) is 2.42. The zero-order valence-corrected chi connectivity index (χ0v) is 14.7. The summed E-state index contributed by atoms with van der Waals surface area (Å²) < 4.78 is 2.18. The van der Waals surface area contributed by atoms with Crippen LogP contribution >= 0.6 is 54.8 Å². The van der Waals surface area contributed by atoms with Crippen LogP contribution in [-0.2, 0) is 0 Å². The SMILES string of the molecule is CNC(c1cc(Cl)cc(Br)c1)c1cc(C)c(Br)s1. The molecule has 0 radical (unpaired) electrons. The summed E-state index contributed by atoms with van der Waals surface area (Å²) in [6, 6.07) is 8.35. The molecule has 0 bridgehead atoms. The molecule has 0 saturated carbocycles. The topological polar surface area (TPSA) is 12.0 Å². The van der Waals surface area contributed by atoms with E-state index in [0.717, 1.165) is 15.1 Å². The minimum atomic E-state index is 0.162. The first-order chi connectivity index (χ1) is 8.51. The van der Waals surface area contributed by atoms with Crippen LogP contribution in [0.25, 0.3) is 0 Å². The van der Waals surface area contributed by atoms with Gasteiger partial charge in [0.2, 0.25) is 0 Å². The molecule has 2 aromatic rings. The third-order valence-corrected chi connectivity index (χ3v) is 5.55. The van der Waals surface area contributed by atoms with Gasteiger partial charge >= 0.3 is 0 Å². The normalized spacial score (nSPS) is 12.7. The first-order valence-electron chi connectivity index (χ1n) is 5.40. The molecule has 0 amide bonds. The van der Waals surface area contributed by atoms with Crippen molar-refractivity contribution in [3.63, 3.8) is 0 Å². The molecule has 0 saturated heterocycles. The highest BCUT2D eigenvalue weighted by Crippen LogP contribution is 2.35. The molecule has 18 heavy (non-hydrogen) atoms. The number of benzene rings is 1. The number of aryl methyl sites for hydroxylation is 1. The minimum absolute atomic E-state index is 0.162. The highest BCUT2D eigenvalue weighted by atomic mass is 79.9. The Kier molecular flexibility index (Phi) is 4.89. The van der Waals surface area contributed by atoms with Gasteiger partial charge in [-0.2, -0.15) is 0 Å². The maximum Gasteiger partial charge on any atom is 0.0731 e. The van der Waals surface area contributed by atoms with Gasteiger partial charge in [0.15, 0.2) is 0 Å². The van der Waals surface area contributed by atoms with Crippen LogP contribution in [0.3, 0.4) is 0 Å². The molecule has 2 rings (SSSR count). The van der Waals surface area contributed by atoms with Crippen LogP contribution in [0, 0.1) is 6.92 Å². The van der Waals surface area contributed by atoms with E-state index < -0.39 is 0 Å². The van der Waals surface area contributed by atoms with Crippen molar-refractivity contribution in [1.82, 2.24) is 5.32 Å². The van der Waals surface area contributed by atoms with Gasteiger partial charge in [0.25, 0.3) is 0 Å². The highest BCUT2D eigenvalue weighted by Gasteiger charge is 2.16. The van der Waals surface area contributed by atoms with Crippen molar-refractivity contribution in [2.24, 2.45) is 0 Å². The smallest absolute Gasteiger partial charge is 0.0731 e. The van der Waals surface area contributed by atoms with Crippen molar-refractivity contribution in [1.29, 1.82) is 0 Å². The third-order valence-electron chi connectivity index (χ3n) is 2.67. The molecule has 0 aliphatic heterocycles. The summed E-state index contributed by atoms with van der Waals surface area (Å²) >= 11 is 14.9. The maximum absolute atomic E-state index is 6.11. The Bertz CT molecular complexity index is 528. The average molecular weight is 410 g/mol. The summed E-state index contributed by atoms with van der Waals surface area (Å²) in [5.74, 6) is 0. The lowest BCUT2D eigenvalue weighted by Crippen LogP contribution is -2.16. The van der Waals surface area contributed by atoms with E-state index in [1.807, 2.05) is 19.2 Å². The van der Waals surface area contributed by atoms with Crippen LogP contribution in [0.5, 0.6) is 0 Å². The van der Waals surface area contributed by atoms with E-state index in [9.17, 15) is 0 Å². The maximum atomic E-state index is 6.11. The molecule has 5 heteroatoms. The standard InChI is InChI=1S/C13H12Br2ClNS/c1-7-3-11(18-13(7)15)12(17-2)8-4-9(14)6-10(16)5-8/h3-6,12,17H,1-2H3. The van der Waals surface area contributed by atoms with Crippen molar-refractivity contribution < 1.29 is 0 Å². The Morgan fingerprint density at radius 3 is 2.44 bits per heavy atom. The van der Waals surface area contributed by atoms with E-state index in [1.165, 1.54) is 14.2 Å². The van der Waals surface area contributed by atoms with Gasteiger partial charge in [0, 0.05) is 14.4 Å². The first kappa shape index (κ1) is 14.5. The van der Waals surface area contributed by atoms with Crippen molar-refractivity contribution in [2.45, 2.75) is 13.0 Å². The van der Waals surface area contributed by atoms with E-state index in [0.29, 0.717) is 0 Å². The van der Waals surface area contributed by atoms with Crippen LogP contribution in [0.15, 0.2) is 32.5 Å². The first-order valence-corrected chi connectivity index (χ1v) is 8.18. The Hall–Kier alpha value is 0.130. The number of thiophene rings is 1. The Morgan fingerprint density at radius 1 is 1.22 bits per heavy atom. The van der Waals surface area contributed by atoms with Gasteiger partial charge in [-0.1, -0.05) is 27.5 Å². The lowest BCUT2D eigenvalue weighted by molar-refractivity contribution is 0.703. The molecule has 0 aliphatic rings. The summed E-state index contributed by atoms with van der Waals surface area (Å²) in [6.07, 6.45) is 0. The third kappa shape index (κ3) is 3.17. The van der Waals surface area contributed by atoms with Crippen molar-refractivity contribution in [3.8, 4) is 0 Å². The number of nitrogens with one attached hydrogen (secondary N) is 1. The second-order valence-electron chi connectivity index (χ2n) is 4.03. The monoisotopic (exact) mass is 407 g/mol. The van der Waals surface area contributed by atoms with Crippen LogP contribution < -0.4 is 5.32 Å². The molecule has 1 aromatic carbocycles. The van der Waals surface area contributed by atoms with Gasteiger partial charge in [-0.15, -0.1) is 11.3 Å². The molecule has 96 valence electrons. The zero-order chi connectivity index (χ0) is 13.3. The molecular weight excluding hydrogens is 397 g/mol. The van der Waals surface area contributed by atoms with Crippen molar-refractivity contribution in [2.75, 3.05) is 7.05 Å². The number of halogens is 3. The molecule has 1 atom stereocenters. The largest absolute Gasteiger partial charge is 0.309 e. The zero-order valence-electron chi connectivity index (χ0n) is 9.93. The molecule has 1 N–H and O–H groups in total. The molecule has 0 fully saturated rings. The lowest BCUT2D eigenvalue weighted by atomic mass is 10.1. The molecule has 1 unspecified atom stereocenters. The lowest BCUT2D eigenvalue weighted by Gasteiger charge is -2.15. The van der Waals surface area contributed by atoms with Crippen LogP contribution in [0.2, 0.25) is 5.02 Å². The fourth-order valence-electron chi connectivity index (χ4n) is 1.84. The number of hydrogen-bond acceptors (Lipinski definition) is 2. The van der Waals surface area contributed by atoms with Crippen LogP contribution in [-0.4, -0.2) is 7.05 Å². The van der Waals surface area contributed by atoms with Crippen molar-refractivity contribution >= 4 is 54.8 Å². The molecule has 1 aromatic heterocycles. The second kappa shape index (κ2) is 6.06. The fraction of sp³-hybridized carbons (Fsp3) is 0.231. The van der Waals surface area contributed by atoms with Gasteiger partial charge in [0.05, 0.1) is 9.83 Å². The van der Waals surface area contributed by atoms with E-state index in [4.69, 9.17) is 11.6 Å². The molecule has 0 spiro atoms. The van der Waals surface area contributed by atoms with Crippen LogP contribution in [0.4, 0.5) is 0 Å². The minimum Gasteiger partial charge on any atom is -0.309 e. The van der Waals surface area contributed by atoms with Crippen molar-refractivity contribution in [3.05, 3.63) is 53.6 Å². The van der Waals surface area contributed by atoms with E-state index in [1.54, 1.807) is 11.3 Å². The number of rotatable bonds is 3.